The summed E-state index contributed by atoms with van der Waals surface area (Å²) < 4.78 is 0. The average molecular weight is 270 g/mol. The van der Waals surface area contributed by atoms with Crippen molar-refractivity contribution in [2.75, 3.05) is 13.1 Å². The van der Waals surface area contributed by atoms with E-state index >= 15 is 0 Å². The zero-order chi connectivity index (χ0) is 15.1. The Morgan fingerprint density at radius 1 is 0.789 bits per heavy atom. The molecule has 0 radical (unpaired) electrons. The molecule has 0 fully saturated rings. The molecule has 4 nitrogen and oxygen atoms in total. The van der Waals surface area contributed by atoms with Crippen LogP contribution in [-0.2, 0) is 9.59 Å². The highest BCUT2D eigenvalue weighted by molar-refractivity contribution is 5.83. The molecule has 0 aliphatic carbocycles. The van der Waals surface area contributed by atoms with E-state index < -0.39 is 0 Å². The summed E-state index contributed by atoms with van der Waals surface area (Å²) in [7, 11) is 0. The van der Waals surface area contributed by atoms with E-state index in [1.807, 2.05) is 0 Å². The van der Waals surface area contributed by atoms with E-state index in [9.17, 15) is 9.59 Å². The Morgan fingerprint density at radius 3 is 1.68 bits per heavy atom. The molecule has 0 aromatic heterocycles. The molecule has 0 bridgehead atoms. The molecule has 19 heavy (non-hydrogen) atoms. The quantitative estimate of drug-likeness (QED) is 0.779. The van der Waals surface area contributed by atoms with Gasteiger partial charge in [-0.15, -0.1) is 0 Å². The lowest BCUT2D eigenvalue weighted by Crippen LogP contribution is -2.33. The molecule has 0 atom stereocenters. The van der Waals surface area contributed by atoms with Gasteiger partial charge >= 0.3 is 0 Å². The third-order valence-electron chi connectivity index (χ3n) is 2.59. The van der Waals surface area contributed by atoms with Crippen molar-refractivity contribution >= 4 is 11.8 Å². The van der Waals surface area contributed by atoms with Gasteiger partial charge in [0.25, 0.3) is 0 Å². The van der Waals surface area contributed by atoms with Crippen LogP contribution < -0.4 is 10.6 Å². The van der Waals surface area contributed by atoms with E-state index in [0.717, 1.165) is 6.42 Å². The Balaban J connectivity index is 3.70. The molecular weight excluding hydrogens is 240 g/mol. The second-order valence-corrected chi connectivity index (χ2v) is 7.50. The van der Waals surface area contributed by atoms with Crippen molar-refractivity contribution in [1.82, 2.24) is 10.6 Å². The van der Waals surface area contributed by atoms with Crippen LogP contribution in [0.2, 0.25) is 0 Å². The first-order chi connectivity index (χ1) is 8.49. The molecule has 2 N–H and O–H groups in total. The van der Waals surface area contributed by atoms with Crippen molar-refractivity contribution in [3.8, 4) is 0 Å². The van der Waals surface area contributed by atoms with Crippen molar-refractivity contribution in [2.24, 2.45) is 10.8 Å². The molecule has 0 aliphatic rings. The smallest absolute Gasteiger partial charge is 0.220 e. The molecule has 112 valence electrons. The molecule has 0 rings (SSSR count). The van der Waals surface area contributed by atoms with E-state index in [-0.39, 0.29) is 35.5 Å². The minimum absolute atomic E-state index is 0.0461. The number of carbonyl (C=O) groups is 2. The van der Waals surface area contributed by atoms with Gasteiger partial charge in [0.1, 0.15) is 0 Å². The van der Waals surface area contributed by atoms with Crippen molar-refractivity contribution in [3.63, 3.8) is 0 Å². The summed E-state index contributed by atoms with van der Waals surface area (Å²) in [5.74, 6) is -0.101. The summed E-state index contributed by atoms with van der Waals surface area (Å²) in [6.07, 6.45) is 1.46. The second kappa shape index (κ2) is 7.51. The van der Waals surface area contributed by atoms with Gasteiger partial charge in [0.05, 0.1) is 0 Å². The average Bonchev–Trinajstić information content (AvgIpc) is 2.20. The predicted molar refractivity (Wildman–Crippen MR) is 78.8 cm³/mol. The second-order valence-electron chi connectivity index (χ2n) is 7.50. The molecule has 0 spiro atoms. The summed E-state index contributed by atoms with van der Waals surface area (Å²) in [6.45, 7) is 13.9. The molecule has 4 heteroatoms. The Bertz CT molecular complexity index is 298. The van der Waals surface area contributed by atoms with E-state index in [4.69, 9.17) is 0 Å². The molecule has 0 saturated carbocycles. The molecule has 0 aromatic carbocycles. The van der Waals surface area contributed by atoms with Crippen LogP contribution in [0.1, 0.15) is 60.8 Å². The van der Waals surface area contributed by atoms with Gasteiger partial charge in [0.2, 0.25) is 11.8 Å². The summed E-state index contributed by atoms with van der Waals surface area (Å²) in [4.78, 5) is 23.1. The maximum atomic E-state index is 11.5. The molecule has 0 heterocycles. The highest BCUT2D eigenvalue weighted by Gasteiger charge is 2.13. The van der Waals surface area contributed by atoms with Crippen LogP contribution in [0.5, 0.6) is 0 Å². The Labute approximate surface area is 117 Å². The van der Waals surface area contributed by atoms with E-state index in [0.29, 0.717) is 13.1 Å². The number of hydrogen-bond acceptors (Lipinski definition) is 2. The highest BCUT2D eigenvalue weighted by Crippen LogP contribution is 2.16. The topological polar surface area (TPSA) is 58.2 Å². The van der Waals surface area contributed by atoms with Crippen LogP contribution in [0.4, 0.5) is 0 Å². The predicted octanol–water partition coefficient (Wildman–Crippen LogP) is 2.48. The maximum absolute atomic E-state index is 11.5. The lowest BCUT2D eigenvalue weighted by Gasteiger charge is -2.19. The fraction of sp³-hybridized carbons (Fsp3) is 0.867. The molecule has 2 amide bonds. The zero-order valence-corrected chi connectivity index (χ0v) is 13.4. The molecule has 0 unspecified atom stereocenters. The van der Waals surface area contributed by atoms with Gasteiger partial charge in [0, 0.05) is 25.9 Å². The van der Waals surface area contributed by atoms with Gasteiger partial charge in [-0.2, -0.15) is 0 Å². The van der Waals surface area contributed by atoms with Gasteiger partial charge in [-0.05, 0) is 17.3 Å². The first-order valence-corrected chi connectivity index (χ1v) is 7.03. The third kappa shape index (κ3) is 13.2. The third-order valence-corrected chi connectivity index (χ3v) is 2.59. The monoisotopic (exact) mass is 270 g/mol. The van der Waals surface area contributed by atoms with Crippen LogP contribution in [0.3, 0.4) is 0 Å². The molecule has 0 saturated heterocycles. The highest BCUT2D eigenvalue weighted by atomic mass is 16.2. The molecular formula is C15H30N2O2. The van der Waals surface area contributed by atoms with Crippen LogP contribution >= 0.6 is 0 Å². The maximum Gasteiger partial charge on any atom is 0.220 e. The van der Waals surface area contributed by atoms with Crippen LogP contribution in [0.15, 0.2) is 0 Å². The van der Waals surface area contributed by atoms with Crippen LogP contribution in [0.25, 0.3) is 0 Å². The summed E-state index contributed by atoms with van der Waals surface area (Å²) in [6, 6.07) is 0. The van der Waals surface area contributed by atoms with Gasteiger partial charge < -0.3 is 10.6 Å². The van der Waals surface area contributed by atoms with Crippen molar-refractivity contribution < 1.29 is 9.59 Å². The van der Waals surface area contributed by atoms with Crippen molar-refractivity contribution in [2.45, 2.75) is 60.8 Å². The fourth-order valence-electron chi connectivity index (χ4n) is 1.34. The standard InChI is InChI=1S/C15H30N2O2/c1-14(2,3)9-10-16-12(18)7-8-13(19)17-11-15(4,5)6/h7-11H2,1-6H3,(H,16,18)(H,17,19). The summed E-state index contributed by atoms with van der Waals surface area (Å²) in [5, 5.41) is 5.69. The SMILES string of the molecule is CC(C)(C)CCNC(=O)CCC(=O)NCC(C)(C)C. The van der Waals surface area contributed by atoms with Gasteiger partial charge in [-0.1, -0.05) is 41.5 Å². The zero-order valence-electron chi connectivity index (χ0n) is 13.4. The molecule has 0 aromatic rings. The Hall–Kier alpha value is -1.06. The van der Waals surface area contributed by atoms with E-state index in [1.165, 1.54) is 0 Å². The fourth-order valence-corrected chi connectivity index (χ4v) is 1.34. The summed E-state index contributed by atoms with van der Waals surface area (Å²) >= 11 is 0. The van der Waals surface area contributed by atoms with Crippen molar-refractivity contribution in [1.29, 1.82) is 0 Å². The first-order valence-electron chi connectivity index (χ1n) is 7.03. The Kier molecular flexibility index (Phi) is 7.09. The number of hydrogen-bond donors (Lipinski definition) is 2. The largest absolute Gasteiger partial charge is 0.356 e. The number of amides is 2. The lowest BCUT2D eigenvalue weighted by molar-refractivity contribution is -0.126. The van der Waals surface area contributed by atoms with Crippen LogP contribution in [0, 0.1) is 10.8 Å². The Morgan fingerprint density at radius 2 is 1.26 bits per heavy atom. The summed E-state index contributed by atoms with van der Waals surface area (Å²) in [5.41, 5.74) is 0.294. The van der Waals surface area contributed by atoms with E-state index in [2.05, 4.69) is 52.2 Å². The van der Waals surface area contributed by atoms with Gasteiger partial charge in [-0.25, -0.2) is 0 Å². The lowest BCUT2D eigenvalue weighted by atomic mass is 9.92. The van der Waals surface area contributed by atoms with Crippen molar-refractivity contribution in [3.05, 3.63) is 0 Å². The minimum Gasteiger partial charge on any atom is -0.356 e. The first kappa shape index (κ1) is 17.9. The number of carbonyl (C=O) groups excluding carboxylic acids is 2. The minimum atomic E-state index is -0.0547. The van der Waals surface area contributed by atoms with Crippen LogP contribution in [-0.4, -0.2) is 24.9 Å². The molecule has 0 aliphatic heterocycles. The normalized spacial score (nSPS) is 12.1. The van der Waals surface area contributed by atoms with Gasteiger partial charge in [0.15, 0.2) is 0 Å². The van der Waals surface area contributed by atoms with E-state index in [1.54, 1.807) is 0 Å². The number of rotatable bonds is 6. The number of nitrogens with one attached hydrogen (secondary N) is 2. The van der Waals surface area contributed by atoms with Gasteiger partial charge in [-0.3, -0.25) is 9.59 Å².